The Labute approximate surface area is 104 Å². The molecule has 7 heteroatoms. The molecule has 1 aromatic rings. The average Bonchev–Trinajstić information content (AvgIpc) is 2.38. The molecule has 7 nitrogen and oxygen atoms in total. The lowest BCUT2D eigenvalue weighted by Crippen LogP contribution is -2.57. The number of nitrogens with zero attached hydrogens (tertiary/aromatic N) is 2. The zero-order valence-corrected chi connectivity index (χ0v) is 10.1. The maximum Gasteiger partial charge on any atom is 0.239 e. The molecular formula is C11H15N5O2. The number of carbonyl (C=O) groups excluding carboxylic acids is 2. The van der Waals surface area contributed by atoms with Crippen molar-refractivity contribution >= 4 is 11.8 Å². The van der Waals surface area contributed by atoms with Gasteiger partial charge in [-0.25, -0.2) is 0 Å². The van der Waals surface area contributed by atoms with Gasteiger partial charge in [0.1, 0.15) is 6.04 Å². The summed E-state index contributed by atoms with van der Waals surface area (Å²) in [6, 6.07) is -0.388. The Hall–Kier alpha value is -2.02. The van der Waals surface area contributed by atoms with Crippen molar-refractivity contribution in [2.24, 2.45) is 0 Å². The summed E-state index contributed by atoms with van der Waals surface area (Å²) in [7, 11) is 0. The quantitative estimate of drug-likeness (QED) is 0.605. The minimum atomic E-state index is -0.388. The molecule has 1 aliphatic heterocycles. The molecule has 1 aromatic heterocycles. The van der Waals surface area contributed by atoms with Crippen molar-refractivity contribution in [1.82, 2.24) is 25.9 Å². The van der Waals surface area contributed by atoms with E-state index in [0.717, 1.165) is 5.69 Å². The molecule has 2 heterocycles. The fourth-order valence-electron chi connectivity index (χ4n) is 1.56. The SMILES string of the molecule is Cc1cnc(CNC(=O)C2CNC(=O)CN2)cn1. The first-order valence-corrected chi connectivity index (χ1v) is 5.70. The number of hydrogen-bond donors (Lipinski definition) is 3. The van der Waals surface area contributed by atoms with Crippen LogP contribution in [0, 0.1) is 6.92 Å². The van der Waals surface area contributed by atoms with Crippen LogP contribution < -0.4 is 16.0 Å². The zero-order valence-electron chi connectivity index (χ0n) is 10.1. The van der Waals surface area contributed by atoms with E-state index in [1.165, 1.54) is 0 Å². The molecule has 0 saturated carbocycles. The van der Waals surface area contributed by atoms with Gasteiger partial charge in [-0.3, -0.25) is 24.9 Å². The van der Waals surface area contributed by atoms with Crippen LogP contribution in [0.2, 0.25) is 0 Å². The van der Waals surface area contributed by atoms with Gasteiger partial charge in [0.05, 0.1) is 30.7 Å². The van der Waals surface area contributed by atoms with Gasteiger partial charge < -0.3 is 10.6 Å². The summed E-state index contributed by atoms with van der Waals surface area (Å²) in [5, 5.41) is 8.23. The van der Waals surface area contributed by atoms with Crippen molar-refractivity contribution in [3.63, 3.8) is 0 Å². The smallest absolute Gasteiger partial charge is 0.239 e. The van der Waals surface area contributed by atoms with Crippen molar-refractivity contribution < 1.29 is 9.59 Å². The Morgan fingerprint density at radius 3 is 2.94 bits per heavy atom. The third-order valence-corrected chi connectivity index (χ3v) is 2.61. The lowest BCUT2D eigenvalue weighted by atomic mass is 10.2. The van der Waals surface area contributed by atoms with Crippen molar-refractivity contribution in [3.8, 4) is 0 Å². The summed E-state index contributed by atoms with van der Waals surface area (Å²) < 4.78 is 0. The van der Waals surface area contributed by atoms with Gasteiger partial charge in [0.15, 0.2) is 0 Å². The Bertz CT molecular complexity index is 435. The van der Waals surface area contributed by atoms with Crippen molar-refractivity contribution in [2.75, 3.05) is 13.1 Å². The maximum absolute atomic E-state index is 11.8. The predicted octanol–water partition coefficient (Wildman–Crippen LogP) is -1.51. The molecule has 3 N–H and O–H groups in total. The van der Waals surface area contributed by atoms with Crippen LogP contribution in [-0.4, -0.2) is 40.9 Å². The average molecular weight is 249 g/mol. The second kappa shape index (κ2) is 5.54. The number of hydrogen-bond acceptors (Lipinski definition) is 5. The Kier molecular flexibility index (Phi) is 3.83. The fourth-order valence-corrected chi connectivity index (χ4v) is 1.56. The third-order valence-electron chi connectivity index (χ3n) is 2.61. The van der Waals surface area contributed by atoms with Crippen LogP contribution in [0.3, 0.4) is 0 Å². The summed E-state index contributed by atoms with van der Waals surface area (Å²) in [4.78, 5) is 30.9. The minimum Gasteiger partial charge on any atom is -0.353 e. The van der Waals surface area contributed by atoms with Crippen LogP contribution >= 0.6 is 0 Å². The van der Waals surface area contributed by atoms with E-state index in [4.69, 9.17) is 0 Å². The number of piperazine rings is 1. The first-order chi connectivity index (χ1) is 8.65. The summed E-state index contributed by atoms with van der Waals surface area (Å²) in [5.74, 6) is -0.249. The lowest BCUT2D eigenvalue weighted by molar-refractivity contribution is -0.126. The molecular weight excluding hydrogens is 234 g/mol. The van der Waals surface area contributed by atoms with Gasteiger partial charge in [-0.2, -0.15) is 0 Å². The monoisotopic (exact) mass is 249 g/mol. The van der Waals surface area contributed by atoms with Gasteiger partial charge in [0.25, 0.3) is 0 Å². The zero-order chi connectivity index (χ0) is 13.0. The second-order valence-corrected chi connectivity index (χ2v) is 4.10. The molecule has 18 heavy (non-hydrogen) atoms. The lowest BCUT2D eigenvalue weighted by Gasteiger charge is -2.22. The van der Waals surface area contributed by atoms with Crippen molar-refractivity contribution in [3.05, 3.63) is 23.8 Å². The highest BCUT2D eigenvalue weighted by Gasteiger charge is 2.23. The van der Waals surface area contributed by atoms with Crippen LogP contribution in [0.5, 0.6) is 0 Å². The molecule has 1 aliphatic rings. The summed E-state index contributed by atoms with van der Waals surface area (Å²) >= 11 is 0. The first-order valence-electron chi connectivity index (χ1n) is 5.70. The van der Waals surface area contributed by atoms with E-state index in [9.17, 15) is 9.59 Å². The third kappa shape index (κ3) is 3.24. The number of aromatic nitrogens is 2. The molecule has 96 valence electrons. The molecule has 0 radical (unpaired) electrons. The molecule has 1 atom stereocenters. The van der Waals surface area contributed by atoms with Gasteiger partial charge in [0, 0.05) is 12.7 Å². The standard InChI is InChI=1S/C11H15N5O2/c1-7-2-13-8(3-12-7)4-16-11(18)9-5-15-10(17)6-14-9/h2-3,9,14H,4-6H2,1H3,(H,15,17)(H,16,18). The Morgan fingerprint density at radius 1 is 1.50 bits per heavy atom. The predicted molar refractivity (Wildman–Crippen MR) is 63.4 cm³/mol. The van der Waals surface area contributed by atoms with Gasteiger partial charge in [-0.1, -0.05) is 0 Å². The van der Waals surface area contributed by atoms with E-state index in [1.807, 2.05) is 6.92 Å². The van der Waals surface area contributed by atoms with Crippen LogP contribution in [-0.2, 0) is 16.1 Å². The molecule has 1 fully saturated rings. The molecule has 0 aliphatic carbocycles. The van der Waals surface area contributed by atoms with Crippen LogP contribution in [0.1, 0.15) is 11.4 Å². The van der Waals surface area contributed by atoms with Gasteiger partial charge in [-0.05, 0) is 6.92 Å². The molecule has 1 saturated heterocycles. The van der Waals surface area contributed by atoms with Gasteiger partial charge >= 0.3 is 0 Å². The highest BCUT2D eigenvalue weighted by Crippen LogP contribution is 1.95. The molecule has 0 spiro atoms. The normalized spacial score (nSPS) is 19.2. The Morgan fingerprint density at radius 2 is 2.33 bits per heavy atom. The number of rotatable bonds is 3. The van der Waals surface area contributed by atoms with Crippen LogP contribution in [0.25, 0.3) is 0 Å². The van der Waals surface area contributed by atoms with E-state index in [2.05, 4.69) is 25.9 Å². The second-order valence-electron chi connectivity index (χ2n) is 4.10. The highest BCUT2D eigenvalue weighted by molar-refractivity contribution is 5.86. The number of carbonyl (C=O) groups is 2. The van der Waals surface area contributed by atoms with Crippen molar-refractivity contribution in [1.29, 1.82) is 0 Å². The van der Waals surface area contributed by atoms with E-state index in [0.29, 0.717) is 18.8 Å². The first kappa shape index (κ1) is 12.4. The fraction of sp³-hybridized carbons (Fsp3) is 0.455. The van der Waals surface area contributed by atoms with Gasteiger partial charge in [0.2, 0.25) is 11.8 Å². The summed E-state index contributed by atoms with van der Waals surface area (Å²) in [6.45, 7) is 2.66. The van der Waals surface area contributed by atoms with E-state index in [-0.39, 0.29) is 24.4 Å². The van der Waals surface area contributed by atoms with Crippen LogP contribution in [0.15, 0.2) is 12.4 Å². The Balaban J connectivity index is 1.81. The number of aryl methyl sites for hydroxylation is 1. The summed E-state index contributed by atoms with van der Waals surface area (Å²) in [6.07, 6.45) is 3.28. The maximum atomic E-state index is 11.8. The van der Waals surface area contributed by atoms with Crippen LogP contribution in [0.4, 0.5) is 0 Å². The van der Waals surface area contributed by atoms with E-state index >= 15 is 0 Å². The minimum absolute atomic E-state index is 0.0940. The number of nitrogens with one attached hydrogen (secondary N) is 3. The van der Waals surface area contributed by atoms with E-state index < -0.39 is 0 Å². The molecule has 2 amide bonds. The molecule has 0 aromatic carbocycles. The molecule has 1 unspecified atom stereocenters. The highest BCUT2D eigenvalue weighted by atomic mass is 16.2. The van der Waals surface area contributed by atoms with E-state index in [1.54, 1.807) is 12.4 Å². The topological polar surface area (TPSA) is 96.0 Å². The van der Waals surface area contributed by atoms with Crippen molar-refractivity contribution in [2.45, 2.75) is 19.5 Å². The summed E-state index contributed by atoms with van der Waals surface area (Å²) in [5.41, 5.74) is 1.54. The molecule has 0 bridgehead atoms. The largest absolute Gasteiger partial charge is 0.353 e. The number of amides is 2. The molecule has 2 rings (SSSR count). The van der Waals surface area contributed by atoms with Gasteiger partial charge in [-0.15, -0.1) is 0 Å².